The molecule has 0 amide bonds. The van der Waals surface area contributed by atoms with Crippen molar-refractivity contribution in [2.24, 2.45) is 11.7 Å². The topological polar surface area (TPSA) is 63.4 Å². The summed E-state index contributed by atoms with van der Waals surface area (Å²) in [5, 5.41) is 0. The Hall–Kier alpha value is -0.980. The average Bonchev–Trinajstić information content (AvgIpc) is 2.38. The van der Waals surface area contributed by atoms with Crippen molar-refractivity contribution in [3.63, 3.8) is 0 Å². The van der Waals surface area contributed by atoms with Gasteiger partial charge in [0.25, 0.3) is 0 Å². The molecule has 1 aromatic carbocycles. The number of thiocarbonyl (C=S) groups is 1. The number of aryl methyl sites for hydroxylation is 2. The van der Waals surface area contributed by atoms with E-state index >= 15 is 0 Å². The summed E-state index contributed by atoms with van der Waals surface area (Å²) in [5.74, 6) is -0.147. The second-order valence-electron chi connectivity index (χ2n) is 5.01. The van der Waals surface area contributed by atoms with Gasteiger partial charge in [-0.3, -0.25) is 0 Å². The van der Waals surface area contributed by atoms with Gasteiger partial charge in [-0.1, -0.05) is 32.1 Å². The van der Waals surface area contributed by atoms with Crippen LogP contribution in [0.15, 0.2) is 23.1 Å². The predicted molar refractivity (Wildman–Crippen MR) is 86.3 cm³/mol. The van der Waals surface area contributed by atoms with Crippen LogP contribution in [0.1, 0.15) is 25.0 Å². The van der Waals surface area contributed by atoms with E-state index < -0.39 is 10.0 Å². The molecule has 4 nitrogen and oxygen atoms in total. The molecule has 0 aliphatic rings. The van der Waals surface area contributed by atoms with Gasteiger partial charge in [0.15, 0.2) is 0 Å². The van der Waals surface area contributed by atoms with Crippen LogP contribution < -0.4 is 5.73 Å². The summed E-state index contributed by atoms with van der Waals surface area (Å²) < 4.78 is 26.7. The molecule has 20 heavy (non-hydrogen) atoms. The van der Waals surface area contributed by atoms with E-state index in [0.717, 1.165) is 11.1 Å². The zero-order valence-electron chi connectivity index (χ0n) is 12.4. The van der Waals surface area contributed by atoms with E-state index in [1.807, 2.05) is 33.8 Å². The molecule has 0 heterocycles. The summed E-state index contributed by atoms with van der Waals surface area (Å²) in [6.07, 6.45) is 0. The molecule has 2 N–H and O–H groups in total. The first kappa shape index (κ1) is 17.1. The third-order valence-electron chi connectivity index (χ3n) is 3.43. The van der Waals surface area contributed by atoms with Crippen molar-refractivity contribution in [3.8, 4) is 0 Å². The molecule has 0 aliphatic carbocycles. The molecule has 0 aliphatic heterocycles. The number of nitrogens with zero attached hydrogens (tertiary/aromatic N) is 1. The first-order valence-corrected chi connectivity index (χ1v) is 8.41. The van der Waals surface area contributed by atoms with E-state index in [-0.39, 0.29) is 5.92 Å². The van der Waals surface area contributed by atoms with E-state index in [9.17, 15) is 8.42 Å². The van der Waals surface area contributed by atoms with Gasteiger partial charge >= 0.3 is 0 Å². The highest BCUT2D eigenvalue weighted by atomic mass is 32.2. The van der Waals surface area contributed by atoms with Crippen molar-refractivity contribution in [1.82, 2.24) is 4.31 Å². The Morgan fingerprint density at radius 1 is 1.35 bits per heavy atom. The highest BCUT2D eigenvalue weighted by Crippen LogP contribution is 2.20. The van der Waals surface area contributed by atoms with Crippen LogP contribution in [-0.4, -0.2) is 30.8 Å². The first-order chi connectivity index (χ1) is 9.20. The number of hydrogen-bond acceptors (Lipinski definition) is 3. The van der Waals surface area contributed by atoms with E-state index in [4.69, 9.17) is 18.0 Å². The largest absolute Gasteiger partial charge is 0.393 e. The van der Waals surface area contributed by atoms with Crippen molar-refractivity contribution < 1.29 is 8.42 Å². The Labute approximate surface area is 127 Å². The van der Waals surface area contributed by atoms with Gasteiger partial charge in [0, 0.05) is 19.0 Å². The molecule has 0 saturated carbocycles. The third kappa shape index (κ3) is 3.77. The summed E-state index contributed by atoms with van der Waals surface area (Å²) in [5.41, 5.74) is 7.61. The number of rotatable bonds is 6. The van der Waals surface area contributed by atoms with Gasteiger partial charge in [0.1, 0.15) is 0 Å². The molecule has 0 bridgehead atoms. The van der Waals surface area contributed by atoms with Crippen molar-refractivity contribution in [2.75, 3.05) is 13.1 Å². The second kappa shape index (κ2) is 6.65. The lowest BCUT2D eigenvalue weighted by molar-refractivity contribution is 0.405. The van der Waals surface area contributed by atoms with Crippen molar-refractivity contribution in [1.29, 1.82) is 0 Å². The minimum absolute atomic E-state index is 0.147. The van der Waals surface area contributed by atoms with Gasteiger partial charge in [-0.25, -0.2) is 8.42 Å². The molecule has 6 heteroatoms. The van der Waals surface area contributed by atoms with Crippen molar-refractivity contribution >= 4 is 27.2 Å². The lowest BCUT2D eigenvalue weighted by Gasteiger charge is -2.23. The van der Waals surface area contributed by atoms with Gasteiger partial charge in [0.2, 0.25) is 10.0 Å². The van der Waals surface area contributed by atoms with Gasteiger partial charge in [-0.15, -0.1) is 0 Å². The fourth-order valence-electron chi connectivity index (χ4n) is 1.82. The van der Waals surface area contributed by atoms with Gasteiger partial charge in [0.05, 0.1) is 9.88 Å². The zero-order chi connectivity index (χ0) is 15.5. The molecular formula is C14H22N2O2S2. The minimum atomic E-state index is -3.50. The summed E-state index contributed by atoms with van der Waals surface area (Å²) in [6.45, 7) is 8.20. The van der Waals surface area contributed by atoms with Gasteiger partial charge in [-0.2, -0.15) is 4.31 Å². The molecule has 0 aromatic heterocycles. The highest BCUT2D eigenvalue weighted by molar-refractivity contribution is 7.89. The van der Waals surface area contributed by atoms with Crippen LogP contribution in [0.3, 0.4) is 0 Å². The third-order valence-corrected chi connectivity index (χ3v) is 5.77. The summed E-state index contributed by atoms with van der Waals surface area (Å²) in [7, 11) is -3.50. The minimum Gasteiger partial charge on any atom is -0.393 e. The molecule has 0 saturated heterocycles. The van der Waals surface area contributed by atoms with Crippen molar-refractivity contribution in [3.05, 3.63) is 29.3 Å². The number of nitrogens with two attached hydrogens (primary N) is 1. The normalized spacial score (nSPS) is 13.4. The molecule has 0 fully saturated rings. The second-order valence-corrected chi connectivity index (χ2v) is 7.41. The fraction of sp³-hybridized carbons (Fsp3) is 0.500. The Balaban J connectivity index is 3.11. The van der Waals surface area contributed by atoms with Crippen LogP contribution in [0.2, 0.25) is 0 Å². The highest BCUT2D eigenvalue weighted by Gasteiger charge is 2.25. The monoisotopic (exact) mass is 314 g/mol. The number of hydrogen-bond donors (Lipinski definition) is 1. The Kier molecular flexibility index (Phi) is 5.68. The average molecular weight is 314 g/mol. The maximum Gasteiger partial charge on any atom is 0.243 e. The fourth-order valence-corrected chi connectivity index (χ4v) is 3.51. The van der Waals surface area contributed by atoms with E-state index in [2.05, 4.69) is 0 Å². The molecule has 1 atom stereocenters. The van der Waals surface area contributed by atoms with E-state index in [1.165, 1.54) is 4.31 Å². The SMILES string of the molecule is CCN(CC(C)C(N)=S)S(=O)(=O)c1ccc(C)c(C)c1. The standard InChI is InChI=1S/C14H22N2O2S2/c1-5-16(9-12(4)14(15)19)20(17,18)13-7-6-10(2)11(3)8-13/h6-8,12H,5,9H2,1-4H3,(H2,15,19). The van der Waals surface area contributed by atoms with Gasteiger partial charge in [-0.05, 0) is 37.1 Å². The van der Waals surface area contributed by atoms with Crippen LogP contribution in [0.4, 0.5) is 0 Å². The molecule has 1 unspecified atom stereocenters. The maximum atomic E-state index is 12.6. The van der Waals surface area contributed by atoms with Gasteiger partial charge < -0.3 is 5.73 Å². The lowest BCUT2D eigenvalue weighted by atomic mass is 10.1. The summed E-state index contributed by atoms with van der Waals surface area (Å²) in [4.78, 5) is 0.649. The maximum absolute atomic E-state index is 12.6. The smallest absolute Gasteiger partial charge is 0.243 e. The molecule has 112 valence electrons. The molecule has 0 radical (unpaired) electrons. The van der Waals surface area contributed by atoms with Crippen LogP contribution in [-0.2, 0) is 10.0 Å². The quantitative estimate of drug-likeness (QED) is 0.818. The Morgan fingerprint density at radius 2 is 1.95 bits per heavy atom. The number of benzene rings is 1. The van der Waals surface area contributed by atoms with Crippen LogP contribution in [0, 0.1) is 19.8 Å². The van der Waals surface area contributed by atoms with Crippen LogP contribution >= 0.6 is 12.2 Å². The summed E-state index contributed by atoms with van der Waals surface area (Å²) in [6, 6.07) is 5.18. The molecular weight excluding hydrogens is 292 g/mol. The zero-order valence-corrected chi connectivity index (χ0v) is 14.0. The van der Waals surface area contributed by atoms with E-state index in [1.54, 1.807) is 12.1 Å². The first-order valence-electron chi connectivity index (χ1n) is 6.56. The predicted octanol–water partition coefficient (Wildman–Crippen LogP) is 2.24. The number of sulfonamides is 1. The lowest BCUT2D eigenvalue weighted by Crippen LogP contribution is -2.38. The van der Waals surface area contributed by atoms with Crippen molar-refractivity contribution in [2.45, 2.75) is 32.6 Å². The molecule has 1 aromatic rings. The summed E-state index contributed by atoms with van der Waals surface area (Å²) >= 11 is 4.92. The Morgan fingerprint density at radius 3 is 2.40 bits per heavy atom. The Bertz CT molecular complexity index is 597. The van der Waals surface area contributed by atoms with Crippen LogP contribution in [0.25, 0.3) is 0 Å². The van der Waals surface area contributed by atoms with E-state index in [0.29, 0.717) is 23.0 Å². The van der Waals surface area contributed by atoms with Crippen LogP contribution in [0.5, 0.6) is 0 Å². The molecule has 1 rings (SSSR count). The molecule has 0 spiro atoms.